The quantitative estimate of drug-likeness (QED) is 0.782. The van der Waals surface area contributed by atoms with Crippen molar-refractivity contribution in [3.8, 4) is 0 Å². The van der Waals surface area contributed by atoms with Crippen LogP contribution in [0.1, 0.15) is 50.2 Å². The highest BCUT2D eigenvalue weighted by molar-refractivity contribution is 7.89. The fraction of sp³-hybridized carbons (Fsp3) is 0.611. The molecule has 0 atom stereocenters. The lowest BCUT2D eigenvalue weighted by Crippen LogP contribution is -2.32. The van der Waals surface area contributed by atoms with E-state index in [2.05, 4.69) is 11.6 Å². The van der Waals surface area contributed by atoms with Crippen LogP contribution < -0.4 is 4.72 Å². The fourth-order valence-electron chi connectivity index (χ4n) is 2.96. The number of fused-ring (bicyclic) bond motifs is 1. The molecule has 2 rings (SSSR count). The molecule has 0 radical (unpaired) electrons. The molecule has 0 aromatic heterocycles. The Morgan fingerprint density at radius 1 is 1.21 bits per heavy atom. The van der Waals surface area contributed by atoms with Gasteiger partial charge in [0.15, 0.2) is 0 Å². The minimum atomic E-state index is -3.55. The van der Waals surface area contributed by atoms with Gasteiger partial charge in [0.2, 0.25) is 15.9 Å². The van der Waals surface area contributed by atoms with Crippen LogP contribution in [0.15, 0.2) is 23.1 Å². The predicted molar refractivity (Wildman–Crippen MR) is 95.4 cm³/mol. The number of sulfonamides is 1. The fourth-order valence-corrected chi connectivity index (χ4v) is 4.05. The molecule has 1 aromatic carbocycles. The molecule has 0 spiro atoms. The van der Waals surface area contributed by atoms with Crippen molar-refractivity contribution >= 4 is 15.9 Å². The summed E-state index contributed by atoms with van der Waals surface area (Å²) in [5.41, 5.74) is 2.40. The van der Waals surface area contributed by atoms with E-state index >= 15 is 0 Å². The highest BCUT2D eigenvalue weighted by Gasteiger charge is 2.18. The summed E-state index contributed by atoms with van der Waals surface area (Å²) in [6.45, 7) is 2.92. The summed E-state index contributed by atoms with van der Waals surface area (Å²) >= 11 is 0. The molecule has 24 heavy (non-hydrogen) atoms. The van der Waals surface area contributed by atoms with Gasteiger partial charge in [-0.3, -0.25) is 4.79 Å². The Kier molecular flexibility index (Phi) is 6.80. The van der Waals surface area contributed by atoms with Crippen molar-refractivity contribution in [3.63, 3.8) is 0 Å². The number of nitrogens with one attached hydrogen (secondary N) is 1. The lowest BCUT2D eigenvalue weighted by atomic mass is 9.92. The Balaban J connectivity index is 1.91. The molecule has 1 aromatic rings. The van der Waals surface area contributed by atoms with Gasteiger partial charge in [-0.1, -0.05) is 19.4 Å². The van der Waals surface area contributed by atoms with E-state index < -0.39 is 10.0 Å². The Bertz CT molecular complexity index is 671. The number of nitrogens with zero attached hydrogens (tertiary/aromatic N) is 1. The Morgan fingerprint density at radius 3 is 2.62 bits per heavy atom. The van der Waals surface area contributed by atoms with Crippen LogP contribution in [0, 0.1) is 0 Å². The summed E-state index contributed by atoms with van der Waals surface area (Å²) in [5, 5.41) is 0. The van der Waals surface area contributed by atoms with E-state index in [0.29, 0.717) is 11.4 Å². The molecular formula is C18H28N2O3S. The third-order valence-electron chi connectivity index (χ3n) is 4.53. The van der Waals surface area contributed by atoms with Crippen molar-refractivity contribution in [2.24, 2.45) is 0 Å². The number of carbonyl (C=O) groups excluding carboxylic acids is 1. The molecule has 0 aliphatic heterocycles. The second-order valence-corrected chi connectivity index (χ2v) is 8.22. The van der Waals surface area contributed by atoms with Crippen molar-refractivity contribution in [2.75, 3.05) is 20.1 Å². The molecule has 0 fully saturated rings. The highest BCUT2D eigenvalue weighted by atomic mass is 32.2. The van der Waals surface area contributed by atoms with Crippen molar-refractivity contribution in [1.29, 1.82) is 0 Å². The molecule has 134 valence electrons. The summed E-state index contributed by atoms with van der Waals surface area (Å²) in [4.78, 5) is 13.9. The van der Waals surface area contributed by atoms with E-state index in [1.165, 1.54) is 12.0 Å². The number of carbonyl (C=O) groups is 1. The van der Waals surface area contributed by atoms with Crippen molar-refractivity contribution < 1.29 is 13.2 Å². The first-order valence-electron chi connectivity index (χ1n) is 8.79. The summed E-state index contributed by atoms with van der Waals surface area (Å²) in [6, 6.07) is 5.38. The molecule has 1 N–H and O–H groups in total. The lowest BCUT2D eigenvalue weighted by molar-refractivity contribution is -0.129. The molecule has 1 aliphatic carbocycles. The predicted octanol–water partition coefficient (Wildman–Crippen LogP) is 2.49. The highest BCUT2D eigenvalue weighted by Crippen LogP contribution is 2.23. The summed E-state index contributed by atoms with van der Waals surface area (Å²) < 4.78 is 27.4. The van der Waals surface area contributed by atoms with Crippen molar-refractivity contribution in [1.82, 2.24) is 9.62 Å². The monoisotopic (exact) mass is 352 g/mol. The Labute approximate surface area is 145 Å². The number of benzene rings is 1. The summed E-state index contributed by atoms with van der Waals surface area (Å²) in [6.07, 6.45) is 6.44. The van der Waals surface area contributed by atoms with Gasteiger partial charge in [-0.2, -0.15) is 0 Å². The second kappa shape index (κ2) is 8.62. The van der Waals surface area contributed by atoms with Crippen LogP contribution in [0.5, 0.6) is 0 Å². The van der Waals surface area contributed by atoms with Gasteiger partial charge in [-0.15, -0.1) is 0 Å². The van der Waals surface area contributed by atoms with Gasteiger partial charge in [0.05, 0.1) is 4.90 Å². The second-order valence-electron chi connectivity index (χ2n) is 6.45. The standard InChI is InChI=1S/C18H28N2O3S/c1-3-4-13-20(2)18(21)11-12-19-24(22,23)17-10-9-15-7-5-6-8-16(15)14-17/h9-10,14,19H,3-8,11-13H2,1-2H3. The largest absolute Gasteiger partial charge is 0.346 e. The van der Waals surface area contributed by atoms with Crippen molar-refractivity contribution in [3.05, 3.63) is 29.3 Å². The van der Waals surface area contributed by atoms with Crippen LogP contribution in [-0.2, 0) is 27.7 Å². The SMILES string of the molecule is CCCCN(C)C(=O)CCNS(=O)(=O)c1ccc2c(c1)CCCC2. The third kappa shape index (κ3) is 5.05. The van der Waals surface area contributed by atoms with Gasteiger partial charge in [0, 0.05) is 26.6 Å². The molecule has 0 saturated heterocycles. The van der Waals surface area contributed by atoms with Crippen LogP contribution in [0.4, 0.5) is 0 Å². The summed E-state index contributed by atoms with van der Waals surface area (Å²) in [7, 11) is -1.79. The van der Waals surface area contributed by atoms with Gasteiger partial charge in [0.25, 0.3) is 0 Å². The molecular weight excluding hydrogens is 324 g/mol. The van der Waals surface area contributed by atoms with Gasteiger partial charge < -0.3 is 4.90 Å². The van der Waals surface area contributed by atoms with Crippen LogP contribution >= 0.6 is 0 Å². The molecule has 0 unspecified atom stereocenters. The van der Waals surface area contributed by atoms with Crippen LogP contribution in [0.25, 0.3) is 0 Å². The first kappa shape index (κ1) is 18.9. The molecule has 0 saturated carbocycles. The number of hydrogen-bond donors (Lipinski definition) is 1. The normalized spacial score (nSPS) is 14.2. The van der Waals surface area contributed by atoms with E-state index in [0.717, 1.165) is 37.7 Å². The van der Waals surface area contributed by atoms with Gasteiger partial charge in [0.1, 0.15) is 0 Å². The van der Waals surface area contributed by atoms with E-state index in [1.54, 1.807) is 24.1 Å². The maximum absolute atomic E-state index is 12.4. The van der Waals surface area contributed by atoms with E-state index in [-0.39, 0.29) is 18.9 Å². The zero-order chi connectivity index (χ0) is 17.6. The number of unbranched alkanes of at least 4 members (excludes halogenated alkanes) is 1. The van der Waals surface area contributed by atoms with E-state index in [1.807, 2.05) is 6.07 Å². The molecule has 1 amide bonds. The minimum Gasteiger partial charge on any atom is -0.346 e. The molecule has 5 nitrogen and oxygen atoms in total. The number of amides is 1. The van der Waals surface area contributed by atoms with E-state index in [4.69, 9.17) is 0 Å². The zero-order valence-electron chi connectivity index (χ0n) is 14.7. The third-order valence-corrected chi connectivity index (χ3v) is 5.99. The van der Waals surface area contributed by atoms with Gasteiger partial charge in [-0.25, -0.2) is 13.1 Å². The number of rotatable bonds is 8. The van der Waals surface area contributed by atoms with E-state index in [9.17, 15) is 13.2 Å². The average molecular weight is 353 g/mol. The number of hydrogen-bond acceptors (Lipinski definition) is 3. The molecule has 0 bridgehead atoms. The smallest absolute Gasteiger partial charge is 0.240 e. The maximum atomic E-state index is 12.4. The molecule has 1 aliphatic rings. The van der Waals surface area contributed by atoms with Gasteiger partial charge >= 0.3 is 0 Å². The minimum absolute atomic E-state index is 0.0309. The molecule has 6 heteroatoms. The van der Waals surface area contributed by atoms with Crippen molar-refractivity contribution in [2.45, 2.75) is 56.8 Å². The summed E-state index contributed by atoms with van der Waals surface area (Å²) in [5.74, 6) is -0.0309. The van der Waals surface area contributed by atoms with Crippen LogP contribution in [0.2, 0.25) is 0 Å². The Morgan fingerprint density at radius 2 is 1.92 bits per heavy atom. The zero-order valence-corrected chi connectivity index (χ0v) is 15.5. The lowest BCUT2D eigenvalue weighted by Gasteiger charge is -2.18. The average Bonchev–Trinajstić information content (AvgIpc) is 2.58. The first-order valence-corrected chi connectivity index (χ1v) is 10.3. The maximum Gasteiger partial charge on any atom is 0.240 e. The van der Waals surface area contributed by atoms with Gasteiger partial charge in [-0.05, 0) is 55.4 Å². The Hall–Kier alpha value is -1.40. The van der Waals surface area contributed by atoms with Crippen LogP contribution in [-0.4, -0.2) is 39.4 Å². The topological polar surface area (TPSA) is 66.5 Å². The number of aryl methyl sites for hydroxylation is 2. The first-order chi connectivity index (χ1) is 11.4. The van der Waals surface area contributed by atoms with Crippen LogP contribution in [0.3, 0.4) is 0 Å². The molecule has 0 heterocycles.